The van der Waals surface area contributed by atoms with E-state index < -0.39 is 28.5 Å². The second kappa shape index (κ2) is 8.61. The molecular weight excluding hydrogens is 372 g/mol. The van der Waals surface area contributed by atoms with Gasteiger partial charge in [0.05, 0.1) is 17.2 Å². The molecule has 138 valence electrons. The van der Waals surface area contributed by atoms with Crippen molar-refractivity contribution in [1.29, 1.82) is 0 Å². The molecule has 0 radical (unpaired) electrons. The number of rotatable bonds is 9. The molecule has 0 unspecified atom stereocenters. The molecular formula is C15H19ClN2O6S. The summed E-state index contributed by atoms with van der Waals surface area (Å²) in [4.78, 5) is 23.3. The van der Waals surface area contributed by atoms with E-state index in [1.165, 1.54) is 19.2 Å². The molecule has 1 saturated carbocycles. The Morgan fingerprint density at radius 3 is 2.68 bits per heavy atom. The smallest absolute Gasteiger partial charge is 0.338 e. The molecule has 1 aliphatic rings. The van der Waals surface area contributed by atoms with Gasteiger partial charge in [0.2, 0.25) is 10.0 Å². The molecule has 1 fully saturated rings. The van der Waals surface area contributed by atoms with Gasteiger partial charge in [-0.3, -0.25) is 4.79 Å². The Labute approximate surface area is 150 Å². The van der Waals surface area contributed by atoms with Crippen LogP contribution in [0.1, 0.15) is 23.2 Å². The van der Waals surface area contributed by atoms with Gasteiger partial charge in [0, 0.05) is 19.7 Å². The summed E-state index contributed by atoms with van der Waals surface area (Å²) >= 11 is 5.94. The van der Waals surface area contributed by atoms with Crippen LogP contribution in [-0.2, 0) is 24.3 Å². The van der Waals surface area contributed by atoms with Crippen LogP contribution in [0.15, 0.2) is 23.1 Å². The van der Waals surface area contributed by atoms with Crippen molar-refractivity contribution in [1.82, 2.24) is 10.0 Å². The molecule has 1 amide bonds. The van der Waals surface area contributed by atoms with E-state index in [-0.39, 0.29) is 21.5 Å². The Morgan fingerprint density at radius 1 is 1.32 bits per heavy atom. The van der Waals surface area contributed by atoms with Gasteiger partial charge in [-0.1, -0.05) is 11.6 Å². The third kappa shape index (κ3) is 5.96. The normalized spacial score (nSPS) is 14.2. The monoisotopic (exact) mass is 390 g/mol. The van der Waals surface area contributed by atoms with Crippen LogP contribution in [0.5, 0.6) is 0 Å². The van der Waals surface area contributed by atoms with Crippen molar-refractivity contribution >= 4 is 33.5 Å². The molecule has 0 saturated heterocycles. The van der Waals surface area contributed by atoms with E-state index >= 15 is 0 Å². The average Bonchev–Trinajstić information content (AvgIpc) is 3.36. The van der Waals surface area contributed by atoms with Crippen LogP contribution in [0.2, 0.25) is 5.02 Å². The molecule has 0 spiro atoms. The molecule has 0 aromatic heterocycles. The lowest BCUT2D eigenvalue weighted by Gasteiger charge is -2.10. The maximum Gasteiger partial charge on any atom is 0.338 e. The Balaban J connectivity index is 2.00. The predicted octanol–water partition coefficient (Wildman–Crippen LogP) is 0.700. The van der Waals surface area contributed by atoms with Crippen molar-refractivity contribution < 1.29 is 27.5 Å². The van der Waals surface area contributed by atoms with Gasteiger partial charge in [0.15, 0.2) is 6.61 Å². The zero-order valence-electron chi connectivity index (χ0n) is 13.6. The number of carbonyl (C=O) groups excluding carboxylic acids is 2. The second-order valence-corrected chi connectivity index (χ2v) is 7.55. The number of hydrogen-bond donors (Lipinski definition) is 2. The summed E-state index contributed by atoms with van der Waals surface area (Å²) in [6.07, 6.45) is 1.55. The molecule has 0 bridgehead atoms. The minimum absolute atomic E-state index is 0.00186. The fourth-order valence-corrected chi connectivity index (χ4v) is 3.71. The van der Waals surface area contributed by atoms with E-state index in [0.29, 0.717) is 13.2 Å². The minimum Gasteiger partial charge on any atom is -0.452 e. The average molecular weight is 391 g/mol. The lowest BCUT2D eigenvalue weighted by Crippen LogP contribution is -2.31. The summed E-state index contributed by atoms with van der Waals surface area (Å²) in [7, 11) is -2.32. The molecule has 2 rings (SSSR count). The van der Waals surface area contributed by atoms with Gasteiger partial charge in [-0.15, -0.1) is 0 Å². The molecule has 0 heterocycles. The number of amides is 1. The third-order valence-electron chi connectivity index (χ3n) is 3.32. The van der Waals surface area contributed by atoms with Crippen molar-refractivity contribution in [3.8, 4) is 0 Å². The highest BCUT2D eigenvalue weighted by Crippen LogP contribution is 2.27. The quantitative estimate of drug-likeness (QED) is 0.474. The van der Waals surface area contributed by atoms with E-state index in [1.54, 1.807) is 0 Å². The van der Waals surface area contributed by atoms with E-state index in [4.69, 9.17) is 21.1 Å². The first kappa shape index (κ1) is 19.6. The van der Waals surface area contributed by atoms with Gasteiger partial charge < -0.3 is 14.8 Å². The maximum atomic E-state index is 12.3. The summed E-state index contributed by atoms with van der Waals surface area (Å²) in [6, 6.07) is 3.69. The lowest BCUT2D eigenvalue weighted by atomic mass is 10.2. The zero-order chi connectivity index (χ0) is 18.4. The lowest BCUT2D eigenvalue weighted by molar-refractivity contribution is -0.124. The topological polar surface area (TPSA) is 111 Å². The fourth-order valence-electron chi connectivity index (χ4n) is 1.88. The number of methoxy groups -OCH3 is 1. The second-order valence-electron chi connectivity index (χ2n) is 5.46. The van der Waals surface area contributed by atoms with Crippen molar-refractivity contribution in [2.24, 2.45) is 0 Å². The molecule has 0 aliphatic heterocycles. The molecule has 1 aliphatic carbocycles. The number of hydrogen-bond acceptors (Lipinski definition) is 6. The molecule has 1 aromatic carbocycles. The van der Waals surface area contributed by atoms with Crippen LogP contribution >= 0.6 is 11.6 Å². The Morgan fingerprint density at radius 2 is 2.04 bits per heavy atom. The maximum absolute atomic E-state index is 12.3. The third-order valence-corrected chi connectivity index (χ3v) is 5.32. The van der Waals surface area contributed by atoms with E-state index in [1.807, 2.05) is 0 Å². The molecule has 10 heteroatoms. The molecule has 1 aromatic rings. The van der Waals surface area contributed by atoms with Crippen molar-refractivity contribution in [2.45, 2.75) is 23.8 Å². The predicted molar refractivity (Wildman–Crippen MR) is 90.0 cm³/mol. The highest BCUT2D eigenvalue weighted by atomic mass is 35.5. The summed E-state index contributed by atoms with van der Waals surface area (Å²) in [5, 5.41) is 2.50. The SMILES string of the molecule is COCCNC(=O)COC(=O)c1ccc(Cl)c(S(=O)(=O)NC2CC2)c1. The van der Waals surface area contributed by atoms with Crippen LogP contribution in [-0.4, -0.2) is 53.2 Å². The largest absolute Gasteiger partial charge is 0.452 e. The summed E-state index contributed by atoms with van der Waals surface area (Å²) in [6.45, 7) is 0.155. The number of esters is 1. The van der Waals surface area contributed by atoms with E-state index in [2.05, 4.69) is 10.0 Å². The number of ether oxygens (including phenoxy) is 2. The summed E-state index contributed by atoms with van der Waals surface area (Å²) in [5.74, 6) is -1.30. The zero-order valence-corrected chi connectivity index (χ0v) is 15.2. The first-order chi connectivity index (χ1) is 11.8. The summed E-state index contributed by atoms with van der Waals surface area (Å²) < 4.78 is 36.7. The number of carbonyl (C=O) groups is 2. The summed E-state index contributed by atoms with van der Waals surface area (Å²) in [5.41, 5.74) is -0.00902. The number of halogens is 1. The Bertz CT molecular complexity index is 748. The van der Waals surface area contributed by atoms with Crippen LogP contribution < -0.4 is 10.0 Å². The van der Waals surface area contributed by atoms with Gasteiger partial charge >= 0.3 is 5.97 Å². The van der Waals surface area contributed by atoms with Crippen LogP contribution in [0.4, 0.5) is 0 Å². The first-order valence-corrected chi connectivity index (χ1v) is 9.44. The first-order valence-electron chi connectivity index (χ1n) is 7.58. The van der Waals surface area contributed by atoms with Gasteiger partial charge in [-0.2, -0.15) is 0 Å². The van der Waals surface area contributed by atoms with Crippen molar-refractivity contribution in [3.05, 3.63) is 28.8 Å². The molecule has 25 heavy (non-hydrogen) atoms. The fraction of sp³-hybridized carbons (Fsp3) is 0.467. The Kier molecular flexibility index (Phi) is 6.77. The highest BCUT2D eigenvalue weighted by molar-refractivity contribution is 7.89. The van der Waals surface area contributed by atoms with Crippen LogP contribution in [0, 0.1) is 0 Å². The van der Waals surface area contributed by atoms with Gasteiger partial charge in [0.25, 0.3) is 5.91 Å². The standard InChI is InChI=1S/C15H19ClN2O6S/c1-23-7-6-17-14(19)9-24-15(20)10-2-5-12(16)13(8-10)25(21,22)18-11-3-4-11/h2,5,8,11,18H,3-4,6-7,9H2,1H3,(H,17,19). The minimum atomic E-state index is -3.81. The highest BCUT2D eigenvalue weighted by Gasteiger charge is 2.29. The Hall–Kier alpha value is -1.68. The van der Waals surface area contributed by atoms with Crippen LogP contribution in [0.25, 0.3) is 0 Å². The number of nitrogens with one attached hydrogen (secondary N) is 2. The van der Waals surface area contributed by atoms with Crippen LogP contribution in [0.3, 0.4) is 0 Å². The molecule has 8 nitrogen and oxygen atoms in total. The number of sulfonamides is 1. The van der Waals surface area contributed by atoms with E-state index in [0.717, 1.165) is 18.9 Å². The van der Waals surface area contributed by atoms with Crippen molar-refractivity contribution in [3.63, 3.8) is 0 Å². The number of benzene rings is 1. The van der Waals surface area contributed by atoms with Gasteiger partial charge in [-0.05, 0) is 31.0 Å². The van der Waals surface area contributed by atoms with E-state index in [9.17, 15) is 18.0 Å². The van der Waals surface area contributed by atoms with Crippen molar-refractivity contribution in [2.75, 3.05) is 26.9 Å². The van der Waals surface area contributed by atoms with Gasteiger partial charge in [0.1, 0.15) is 4.90 Å². The van der Waals surface area contributed by atoms with Gasteiger partial charge in [-0.25, -0.2) is 17.9 Å². The molecule has 2 N–H and O–H groups in total. The molecule has 0 atom stereocenters.